The Morgan fingerprint density at radius 1 is 1.12 bits per heavy atom. The second-order valence-electron chi connectivity index (χ2n) is 12.1. The summed E-state index contributed by atoms with van der Waals surface area (Å²) >= 11 is 0. The highest BCUT2D eigenvalue weighted by molar-refractivity contribution is 5.97. The zero-order valence-electron chi connectivity index (χ0n) is 24.4. The summed E-state index contributed by atoms with van der Waals surface area (Å²) in [7, 11) is 0. The van der Waals surface area contributed by atoms with Crippen molar-refractivity contribution in [3.8, 4) is 28.4 Å². The number of phenolic OH excluding ortho intramolecular Hbond substituents is 1. The number of carbonyl (C=O) groups is 1. The molecule has 2 aliphatic rings. The Bertz CT molecular complexity index is 1840. The van der Waals surface area contributed by atoms with Crippen LogP contribution in [0.3, 0.4) is 0 Å². The van der Waals surface area contributed by atoms with E-state index in [9.17, 15) is 14.7 Å². The van der Waals surface area contributed by atoms with Gasteiger partial charge in [0, 0.05) is 24.5 Å². The Labute approximate surface area is 247 Å². The fourth-order valence-electron chi connectivity index (χ4n) is 6.17. The van der Waals surface area contributed by atoms with Crippen molar-refractivity contribution in [2.24, 2.45) is 0 Å². The van der Waals surface area contributed by atoms with Crippen LogP contribution in [-0.2, 0) is 10.2 Å². The van der Waals surface area contributed by atoms with E-state index in [0.717, 1.165) is 11.6 Å². The number of carbonyl (C=O) groups excluding carboxylic acids is 1. The van der Waals surface area contributed by atoms with Crippen LogP contribution in [0.2, 0.25) is 0 Å². The standard InChI is InChI=1S/C33H32F2N4O4/c1-6-26(41)37-16-19-17-43-30-29(38(19)15-18(37)2)20-14-23(35)28(27-22(34)11-9-13-25(27)40)36-31(20)39(32(30)42)24-12-8-7-10-21(24)33(3,4)5/h6-14,18-19,40H,1,15-17H2,2-5H3. The fraction of sp³-hybridized carbons (Fsp3) is 0.303. The Kier molecular flexibility index (Phi) is 6.75. The lowest BCUT2D eigenvalue weighted by Crippen LogP contribution is -2.62. The normalized spacial score (nSPS) is 18.2. The van der Waals surface area contributed by atoms with E-state index in [2.05, 4.69) is 11.6 Å². The molecule has 1 amide bonds. The van der Waals surface area contributed by atoms with Crippen molar-refractivity contribution in [2.75, 3.05) is 24.6 Å². The van der Waals surface area contributed by atoms with Gasteiger partial charge in [0.05, 0.1) is 23.0 Å². The van der Waals surface area contributed by atoms with Gasteiger partial charge in [-0.15, -0.1) is 0 Å². The van der Waals surface area contributed by atoms with Crippen molar-refractivity contribution in [1.82, 2.24) is 14.5 Å². The van der Waals surface area contributed by atoms with Crippen molar-refractivity contribution in [2.45, 2.75) is 45.2 Å². The molecule has 2 aromatic carbocycles. The zero-order chi connectivity index (χ0) is 30.8. The van der Waals surface area contributed by atoms with Crippen LogP contribution < -0.4 is 15.2 Å². The number of hydrogen-bond donors (Lipinski definition) is 1. The lowest BCUT2D eigenvalue weighted by Gasteiger charge is -2.48. The third-order valence-corrected chi connectivity index (χ3v) is 8.22. The number of phenols is 1. The Hall–Kier alpha value is -4.73. The minimum atomic E-state index is -0.875. The van der Waals surface area contributed by atoms with Crippen LogP contribution in [0.4, 0.5) is 14.5 Å². The van der Waals surface area contributed by atoms with Gasteiger partial charge in [-0.3, -0.25) is 14.2 Å². The number of ether oxygens (including phenoxy) is 1. The van der Waals surface area contributed by atoms with Crippen LogP contribution in [0.25, 0.3) is 28.0 Å². The van der Waals surface area contributed by atoms with Crippen LogP contribution in [0, 0.1) is 11.6 Å². The second kappa shape index (κ2) is 10.2. The first-order valence-electron chi connectivity index (χ1n) is 14.1. The van der Waals surface area contributed by atoms with Gasteiger partial charge in [0.2, 0.25) is 11.7 Å². The van der Waals surface area contributed by atoms with Gasteiger partial charge < -0.3 is 19.6 Å². The number of piperazine rings is 1. The van der Waals surface area contributed by atoms with Crippen LogP contribution in [-0.4, -0.2) is 57.2 Å². The molecular weight excluding hydrogens is 554 g/mol. The van der Waals surface area contributed by atoms with E-state index in [0.29, 0.717) is 24.5 Å². The summed E-state index contributed by atoms with van der Waals surface area (Å²) in [4.78, 5) is 35.2. The maximum absolute atomic E-state index is 16.0. The van der Waals surface area contributed by atoms with Gasteiger partial charge in [0.15, 0.2) is 11.5 Å². The van der Waals surface area contributed by atoms with Crippen molar-refractivity contribution < 1.29 is 23.4 Å². The van der Waals surface area contributed by atoms with Crippen LogP contribution in [0.1, 0.15) is 33.3 Å². The molecule has 1 fully saturated rings. The molecule has 0 aliphatic carbocycles. The molecule has 0 radical (unpaired) electrons. The number of amides is 1. The van der Waals surface area contributed by atoms with Crippen molar-refractivity contribution in [3.63, 3.8) is 0 Å². The minimum absolute atomic E-state index is 0.0471. The summed E-state index contributed by atoms with van der Waals surface area (Å²) in [6, 6.07) is 11.7. The molecule has 2 aromatic heterocycles. The van der Waals surface area contributed by atoms with E-state index in [-0.39, 0.29) is 46.8 Å². The lowest BCUT2D eigenvalue weighted by atomic mass is 9.85. The number of aromatic nitrogens is 2. The summed E-state index contributed by atoms with van der Waals surface area (Å²) in [5.74, 6) is -2.37. The van der Waals surface area contributed by atoms with Gasteiger partial charge in [-0.1, -0.05) is 51.6 Å². The number of pyridine rings is 2. The largest absolute Gasteiger partial charge is 0.507 e. The SMILES string of the molecule is C=CC(=O)N1CC2COc3c(c4cc(F)c(-c5c(O)cccc5F)nc4n(-c4ccccc4C(C)(C)C)c3=O)N2CC1C. The van der Waals surface area contributed by atoms with Crippen molar-refractivity contribution >= 4 is 22.6 Å². The van der Waals surface area contributed by atoms with Crippen LogP contribution >= 0.6 is 0 Å². The summed E-state index contributed by atoms with van der Waals surface area (Å²) in [5.41, 5.74) is 0.0947. The molecule has 4 aromatic rings. The first-order chi connectivity index (χ1) is 20.4. The molecule has 2 atom stereocenters. The molecule has 1 saturated heterocycles. The summed E-state index contributed by atoms with van der Waals surface area (Å²) in [6.07, 6.45) is 1.27. The zero-order valence-corrected chi connectivity index (χ0v) is 24.4. The number of aromatic hydroxyl groups is 1. The third-order valence-electron chi connectivity index (χ3n) is 8.22. The maximum atomic E-state index is 16.0. The topological polar surface area (TPSA) is 87.9 Å². The maximum Gasteiger partial charge on any atom is 0.301 e. The number of rotatable bonds is 3. The molecule has 43 heavy (non-hydrogen) atoms. The molecule has 2 unspecified atom stereocenters. The number of fused-ring (bicyclic) bond motifs is 5. The number of hydrogen-bond acceptors (Lipinski definition) is 6. The average Bonchev–Trinajstić information content (AvgIpc) is 2.96. The predicted octanol–water partition coefficient (Wildman–Crippen LogP) is 5.32. The average molecular weight is 587 g/mol. The first kappa shape index (κ1) is 28.4. The van der Waals surface area contributed by atoms with Crippen molar-refractivity contribution in [3.05, 3.63) is 88.7 Å². The van der Waals surface area contributed by atoms with E-state index in [1.54, 1.807) is 17.0 Å². The number of benzene rings is 2. The predicted molar refractivity (Wildman–Crippen MR) is 161 cm³/mol. The monoisotopic (exact) mass is 586 g/mol. The Morgan fingerprint density at radius 3 is 2.56 bits per heavy atom. The minimum Gasteiger partial charge on any atom is -0.507 e. The number of halogens is 2. The summed E-state index contributed by atoms with van der Waals surface area (Å²) in [6.45, 7) is 12.4. The Balaban J connectivity index is 1.69. The van der Waals surface area contributed by atoms with E-state index >= 15 is 8.78 Å². The second-order valence-corrected chi connectivity index (χ2v) is 12.1. The molecule has 0 bridgehead atoms. The van der Waals surface area contributed by atoms with Gasteiger partial charge in [0.25, 0.3) is 0 Å². The van der Waals surface area contributed by atoms with Gasteiger partial charge in [-0.05, 0) is 48.2 Å². The van der Waals surface area contributed by atoms with E-state index in [1.807, 2.05) is 44.7 Å². The van der Waals surface area contributed by atoms with Gasteiger partial charge >= 0.3 is 5.56 Å². The highest BCUT2D eigenvalue weighted by Gasteiger charge is 2.41. The smallest absolute Gasteiger partial charge is 0.301 e. The quantitative estimate of drug-likeness (QED) is 0.327. The van der Waals surface area contributed by atoms with Crippen molar-refractivity contribution in [1.29, 1.82) is 0 Å². The van der Waals surface area contributed by atoms with Crippen LogP contribution in [0.5, 0.6) is 11.5 Å². The van der Waals surface area contributed by atoms with E-state index in [4.69, 9.17) is 4.74 Å². The molecule has 6 rings (SSSR count). The highest BCUT2D eigenvalue weighted by atomic mass is 19.1. The molecule has 0 saturated carbocycles. The van der Waals surface area contributed by atoms with Gasteiger partial charge in [0.1, 0.15) is 23.9 Å². The molecule has 10 heteroatoms. The molecule has 2 aliphatic heterocycles. The molecular formula is C33H32F2N4O4. The van der Waals surface area contributed by atoms with Gasteiger partial charge in [-0.2, -0.15) is 0 Å². The van der Waals surface area contributed by atoms with Crippen LogP contribution in [0.15, 0.2) is 66.0 Å². The highest BCUT2D eigenvalue weighted by Crippen LogP contribution is 2.43. The molecule has 8 nitrogen and oxygen atoms in total. The lowest BCUT2D eigenvalue weighted by molar-refractivity contribution is -0.129. The molecule has 0 spiro atoms. The van der Waals surface area contributed by atoms with E-state index in [1.165, 1.54) is 28.8 Å². The van der Waals surface area contributed by atoms with Gasteiger partial charge in [-0.25, -0.2) is 13.8 Å². The molecule has 1 N–H and O–H groups in total. The fourth-order valence-corrected chi connectivity index (χ4v) is 6.17. The number of para-hydroxylation sites is 1. The molecule has 222 valence electrons. The number of nitrogens with zero attached hydrogens (tertiary/aromatic N) is 4. The first-order valence-corrected chi connectivity index (χ1v) is 14.1. The molecule has 4 heterocycles. The number of anilines is 1. The third kappa shape index (κ3) is 4.52. The summed E-state index contributed by atoms with van der Waals surface area (Å²) < 4.78 is 38.5. The Morgan fingerprint density at radius 2 is 1.86 bits per heavy atom. The van der Waals surface area contributed by atoms with E-state index < -0.39 is 34.2 Å². The summed E-state index contributed by atoms with van der Waals surface area (Å²) in [5, 5.41) is 10.8.